The number of Topliss-reactive ketones (excluding diaryl/α,β-unsaturated/α-hetero) is 2. The highest BCUT2D eigenvalue weighted by Crippen LogP contribution is 2.44. The highest BCUT2D eigenvalue weighted by Gasteiger charge is 2.33. The second kappa shape index (κ2) is 16.2. The van der Waals surface area contributed by atoms with Gasteiger partial charge < -0.3 is 0 Å². The molecule has 0 unspecified atom stereocenters. The van der Waals surface area contributed by atoms with Crippen molar-refractivity contribution >= 4 is 123 Å². The number of carbonyl (C=O) groups excluding carboxylic acids is 4. The van der Waals surface area contributed by atoms with Gasteiger partial charge in [0.05, 0.1) is 14.0 Å². The number of carbonyl (C=O) groups is 4. The predicted octanol–water partition coefficient (Wildman–Crippen LogP) is 9.66. The predicted molar refractivity (Wildman–Crippen MR) is 202 cm³/mol. The Hall–Kier alpha value is -3.67. The van der Waals surface area contributed by atoms with Crippen LogP contribution in [0.25, 0.3) is 12.2 Å². The van der Waals surface area contributed by atoms with E-state index in [9.17, 15) is 19.2 Å². The molecule has 0 radical (unpaired) electrons. The van der Waals surface area contributed by atoms with E-state index in [2.05, 4.69) is 10.6 Å². The average Bonchev–Trinajstić information content (AvgIpc) is 3.05. The normalized spacial score (nSPS) is 13.6. The van der Waals surface area contributed by atoms with Gasteiger partial charge in [0.1, 0.15) is 5.57 Å². The number of allylic oxidation sites excluding steroid dienone is 2. The third-order valence-corrected chi connectivity index (χ3v) is 10.1. The minimum atomic E-state index is -0.798. The standard InChI is InChI=1S/C35H20Cl4N2O4S3/c36-23-9-1-19(2-10-23)17-27(30(42)21-5-13-25(38)14-6-21)47-34(29-32(44)40-35(46)41-33(29)45)48-28(18-20-3-11-24(37)12-4-20)31(43)22-7-15-26(39)16-8-22/h1-18H,(H2,40,41,44,45,46)/b27-17+,28-18+. The molecular formula is C35H20Cl4N2O4S3. The van der Waals surface area contributed by atoms with Crippen molar-refractivity contribution < 1.29 is 19.2 Å². The van der Waals surface area contributed by atoms with E-state index in [0.29, 0.717) is 42.3 Å². The largest absolute Gasteiger partial charge is 0.298 e. The molecule has 13 heteroatoms. The van der Waals surface area contributed by atoms with Crippen LogP contribution in [0.4, 0.5) is 0 Å². The lowest BCUT2D eigenvalue weighted by Crippen LogP contribution is -2.51. The van der Waals surface area contributed by atoms with Crippen molar-refractivity contribution in [2.24, 2.45) is 0 Å². The molecule has 1 saturated heterocycles. The Balaban J connectivity index is 1.68. The van der Waals surface area contributed by atoms with Crippen LogP contribution in [0, 0.1) is 0 Å². The fourth-order valence-electron chi connectivity index (χ4n) is 4.16. The molecule has 0 aliphatic carbocycles. The highest BCUT2D eigenvalue weighted by molar-refractivity contribution is 8.26. The van der Waals surface area contributed by atoms with Crippen LogP contribution in [0.5, 0.6) is 0 Å². The molecule has 5 rings (SSSR count). The molecular weight excluding hydrogens is 750 g/mol. The van der Waals surface area contributed by atoms with Gasteiger partial charge >= 0.3 is 0 Å². The van der Waals surface area contributed by atoms with Gasteiger partial charge in [-0.2, -0.15) is 0 Å². The number of benzene rings is 4. The molecule has 1 aliphatic heterocycles. The minimum Gasteiger partial charge on any atom is -0.298 e. The van der Waals surface area contributed by atoms with Gasteiger partial charge in [-0.1, -0.05) is 94.2 Å². The third kappa shape index (κ3) is 9.27. The fraction of sp³-hybridized carbons (Fsp3) is 0. The molecule has 2 amide bonds. The Kier molecular flexibility index (Phi) is 12.0. The molecule has 1 fully saturated rings. The first kappa shape index (κ1) is 35.6. The van der Waals surface area contributed by atoms with Gasteiger partial charge in [0.25, 0.3) is 11.8 Å². The van der Waals surface area contributed by atoms with Gasteiger partial charge in [-0.15, -0.1) is 0 Å². The molecule has 240 valence electrons. The van der Waals surface area contributed by atoms with Crippen molar-refractivity contribution in [1.29, 1.82) is 0 Å². The van der Waals surface area contributed by atoms with E-state index in [0.717, 1.165) is 23.5 Å². The Morgan fingerprint density at radius 3 is 1.19 bits per heavy atom. The maximum Gasteiger partial charge on any atom is 0.264 e. The van der Waals surface area contributed by atoms with Crippen molar-refractivity contribution in [2.45, 2.75) is 0 Å². The highest BCUT2D eigenvalue weighted by atomic mass is 35.5. The summed E-state index contributed by atoms with van der Waals surface area (Å²) in [6, 6.07) is 26.1. The second-order valence-corrected chi connectivity index (χ2v) is 14.4. The zero-order valence-electron chi connectivity index (χ0n) is 24.3. The molecule has 0 atom stereocenters. The van der Waals surface area contributed by atoms with Crippen molar-refractivity contribution in [2.75, 3.05) is 0 Å². The number of halogens is 4. The van der Waals surface area contributed by atoms with Crippen LogP contribution in [-0.2, 0) is 9.59 Å². The van der Waals surface area contributed by atoms with E-state index < -0.39 is 23.4 Å². The Morgan fingerprint density at radius 2 is 0.854 bits per heavy atom. The number of amides is 2. The third-order valence-electron chi connectivity index (χ3n) is 6.51. The molecule has 48 heavy (non-hydrogen) atoms. The summed E-state index contributed by atoms with van der Waals surface area (Å²) in [6.45, 7) is 0. The Bertz CT molecular complexity index is 1880. The van der Waals surface area contributed by atoms with Crippen LogP contribution in [0.15, 0.2) is 117 Å². The summed E-state index contributed by atoms with van der Waals surface area (Å²) in [6.07, 6.45) is 3.21. The number of thioether (sulfide) groups is 2. The lowest BCUT2D eigenvalue weighted by Gasteiger charge is -2.21. The lowest BCUT2D eigenvalue weighted by atomic mass is 10.1. The van der Waals surface area contributed by atoms with Gasteiger partial charge in [0.2, 0.25) is 0 Å². The maximum atomic E-state index is 14.0. The summed E-state index contributed by atoms with van der Waals surface area (Å²) in [4.78, 5) is 55.1. The van der Waals surface area contributed by atoms with Crippen LogP contribution in [0.2, 0.25) is 20.1 Å². The summed E-state index contributed by atoms with van der Waals surface area (Å²) in [5.41, 5.74) is 1.50. The van der Waals surface area contributed by atoms with Crippen LogP contribution >= 0.6 is 82.1 Å². The summed E-state index contributed by atoms with van der Waals surface area (Å²) in [7, 11) is 0. The molecule has 0 aromatic heterocycles. The van der Waals surface area contributed by atoms with Gasteiger partial charge in [-0.05, 0) is 108 Å². The number of thiocarbonyl (C=S) groups is 1. The van der Waals surface area contributed by atoms with Crippen LogP contribution in [0.1, 0.15) is 31.8 Å². The van der Waals surface area contributed by atoms with Gasteiger partial charge in [-0.25, -0.2) is 0 Å². The molecule has 4 aromatic rings. The number of ketones is 2. The first-order chi connectivity index (χ1) is 23.0. The zero-order valence-corrected chi connectivity index (χ0v) is 29.7. The quantitative estimate of drug-likeness (QED) is 0.0719. The maximum absolute atomic E-state index is 14.0. The Labute approximate surface area is 309 Å². The fourth-order valence-corrected chi connectivity index (χ4v) is 7.34. The van der Waals surface area contributed by atoms with Crippen LogP contribution in [-0.4, -0.2) is 28.5 Å². The van der Waals surface area contributed by atoms with Gasteiger partial charge in [0, 0.05) is 31.2 Å². The van der Waals surface area contributed by atoms with Crippen molar-refractivity contribution in [3.8, 4) is 0 Å². The molecule has 0 saturated carbocycles. The lowest BCUT2D eigenvalue weighted by molar-refractivity contribution is -0.123. The zero-order chi connectivity index (χ0) is 34.4. The first-order valence-electron chi connectivity index (χ1n) is 13.8. The summed E-state index contributed by atoms with van der Waals surface area (Å²) >= 11 is 31.1. The summed E-state index contributed by atoms with van der Waals surface area (Å²) < 4.78 is 0.0394. The molecule has 0 spiro atoms. The molecule has 1 heterocycles. The van der Waals surface area contributed by atoms with Crippen molar-refractivity contribution in [3.63, 3.8) is 0 Å². The molecule has 1 aliphatic rings. The van der Waals surface area contributed by atoms with E-state index in [4.69, 9.17) is 58.6 Å². The number of hydrogen-bond donors (Lipinski definition) is 2. The van der Waals surface area contributed by atoms with E-state index in [1.165, 1.54) is 0 Å². The van der Waals surface area contributed by atoms with Crippen LogP contribution < -0.4 is 10.6 Å². The summed E-state index contributed by atoms with van der Waals surface area (Å²) in [5, 5.41) is 6.57. The van der Waals surface area contributed by atoms with Crippen molar-refractivity contribution in [3.05, 3.63) is 159 Å². The number of nitrogens with one attached hydrogen (secondary N) is 2. The number of rotatable bonds is 10. The van der Waals surface area contributed by atoms with Crippen LogP contribution in [0.3, 0.4) is 0 Å². The molecule has 2 N–H and O–H groups in total. The first-order valence-corrected chi connectivity index (χ1v) is 17.3. The average molecular weight is 771 g/mol. The van der Waals surface area contributed by atoms with E-state index in [1.807, 2.05) is 0 Å². The molecule has 0 bridgehead atoms. The van der Waals surface area contributed by atoms with Gasteiger partial charge in [-0.3, -0.25) is 29.8 Å². The molecule has 6 nitrogen and oxygen atoms in total. The summed E-state index contributed by atoms with van der Waals surface area (Å²) in [5.74, 6) is -2.45. The Morgan fingerprint density at radius 1 is 0.542 bits per heavy atom. The SMILES string of the molecule is O=C1NC(=S)NC(=O)C1=C(S/C(=C/c1ccc(Cl)cc1)C(=O)c1ccc(Cl)cc1)S/C(=C/c1ccc(Cl)cc1)C(=O)c1ccc(Cl)cc1. The molecule has 4 aromatic carbocycles. The van der Waals surface area contributed by atoms with E-state index in [1.54, 1.807) is 109 Å². The monoisotopic (exact) mass is 768 g/mol. The van der Waals surface area contributed by atoms with E-state index >= 15 is 0 Å². The van der Waals surface area contributed by atoms with E-state index in [-0.39, 0.29) is 24.7 Å². The number of hydrogen-bond acceptors (Lipinski definition) is 7. The second-order valence-electron chi connectivity index (χ2n) is 9.90. The topological polar surface area (TPSA) is 92.3 Å². The van der Waals surface area contributed by atoms with Gasteiger partial charge in [0.15, 0.2) is 16.7 Å². The van der Waals surface area contributed by atoms with Crippen molar-refractivity contribution in [1.82, 2.24) is 10.6 Å². The smallest absolute Gasteiger partial charge is 0.264 e. The minimum absolute atomic E-state index is 0.0394.